The summed E-state index contributed by atoms with van der Waals surface area (Å²) in [5.74, 6) is -1.94. The highest BCUT2D eigenvalue weighted by atomic mass is 16.5. The highest BCUT2D eigenvalue weighted by Crippen LogP contribution is 2.44. The molecule has 1 amide bonds. The molecule has 158 valence electrons. The lowest BCUT2D eigenvalue weighted by atomic mass is 9.87. The minimum Gasteiger partial charge on any atom is -0.447 e. The van der Waals surface area contributed by atoms with Gasteiger partial charge in [-0.3, -0.25) is 0 Å². The molecular formula is C16H30N8O4. The van der Waals surface area contributed by atoms with Gasteiger partial charge in [0, 0.05) is 19.5 Å². The summed E-state index contributed by atoms with van der Waals surface area (Å²) in [6.45, 7) is 1.34. The maximum absolute atomic E-state index is 11.9. The number of ether oxygens (including phenoxy) is 1. The van der Waals surface area contributed by atoms with Crippen molar-refractivity contribution in [1.29, 1.82) is 0 Å². The Hall–Kier alpha value is -2.31. The number of unbranched alkanes of at least 4 members (excludes halogenated alkanes) is 3. The van der Waals surface area contributed by atoms with Gasteiger partial charge in [0.25, 0.3) is 0 Å². The van der Waals surface area contributed by atoms with E-state index in [1.54, 1.807) is 4.90 Å². The van der Waals surface area contributed by atoms with Crippen LogP contribution in [0.4, 0.5) is 4.79 Å². The first-order valence-electron chi connectivity index (χ1n) is 9.59. The van der Waals surface area contributed by atoms with Crippen molar-refractivity contribution in [2.45, 2.75) is 55.6 Å². The maximum atomic E-state index is 11.9. The lowest BCUT2D eigenvalue weighted by molar-refractivity contribution is -0.221. The molecule has 10 N–H and O–H groups in total. The van der Waals surface area contributed by atoms with Gasteiger partial charge in [0.2, 0.25) is 5.79 Å². The molecule has 0 bridgehead atoms. The molecule has 0 aromatic heterocycles. The van der Waals surface area contributed by atoms with E-state index in [0.717, 1.165) is 25.7 Å². The van der Waals surface area contributed by atoms with Gasteiger partial charge in [0.15, 0.2) is 17.6 Å². The number of aliphatic hydroxyl groups is 2. The number of guanidine groups is 2. The van der Waals surface area contributed by atoms with Gasteiger partial charge in [-0.05, 0) is 19.4 Å². The Bertz CT molecular complexity index is 655. The zero-order chi connectivity index (χ0) is 20.4. The lowest BCUT2D eigenvalue weighted by Crippen LogP contribution is -2.76. The summed E-state index contributed by atoms with van der Waals surface area (Å²) in [7, 11) is 0. The standard InChI is InChI=1S/C16H30N8O4/c17-6-3-1-2-4-7-20-14(25)28-9-10-11-16(23-12(18)22-11)15(26,27)5-8-24(16)13(19)21-10/h10-11,26-27H,1-9,17H2,(H2,19,21)(H,20,25)(H3,18,22,23)/t10-,11?,16?/m0/s1. The second kappa shape index (κ2) is 7.97. The van der Waals surface area contributed by atoms with Gasteiger partial charge in [0.05, 0.1) is 0 Å². The lowest BCUT2D eigenvalue weighted by Gasteiger charge is -2.48. The number of hydrogen-bond donors (Lipinski definition) is 7. The summed E-state index contributed by atoms with van der Waals surface area (Å²) >= 11 is 0. The smallest absolute Gasteiger partial charge is 0.407 e. The molecule has 3 aliphatic rings. The monoisotopic (exact) mass is 398 g/mol. The highest BCUT2D eigenvalue weighted by molar-refractivity contribution is 5.87. The number of hydrogen-bond acceptors (Lipinski definition) is 11. The van der Waals surface area contributed by atoms with E-state index >= 15 is 0 Å². The minimum atomic E-state index is -2.12. The van der Waals surface area contributed by atoms with E-state index < -0.39 is 29.6 Å². The van der Waals surface area contributed by atoms with E-state index in [2.05, 4.69) is 20.6 Å². The van der Waals surface area contributed by atoms with Crippen molar-refractivity contribution in [3.05, 3.63) is 0 Å². The number of amides is 1. The number of carbonyl (C=O) groups excluding carboxylic acids is 1. The zero-order valence-corrected chi connectivity index (χ0v) is 15.8. The normalized spacial score (nSPS) is 30.0. The third kappa shape index (κ3) is 3.54. The van der Waals surface area contributed by atoms with Gasteiger partial charge >= 0.3 is 6.09 Å². The second-order valence-corrected chi connectivity index (χ2v) is 7.35. The molecule has 0 aromatic rings. The summed E-state index contributed by atoms with van der Waals surface area (Å²) in [5.41, 5.74) is 15.9. The third-order valence-electron chi connectivity index (χ3n) is 5.47. The molecular weight excluding hydrogens is 368 g/mol. The molecule has 1 saturated heterocycles. The van der Waals surface area contributed by atoms with Crippen LogP contribution in [0.2, 0.25) is 0 Å². The molecule has 0 saturated carbocycles. The largest absolute Gasteiger partial charge is 0.447 e. The van der Waals surface area contributed by atoms with Crippen LogP contribution in [0.1, 0.15) is 32.1 Å². The van der Waals surface area contributed by atoms with Crippen LogP contribution in [-0.4, -0.2) is 82.9 Å². The van der Waals surface area contributed by atoms with E-state index in [9.17, 15) is 15.0 Å². The summed E-state index contributed by atoms with van der Waals surface area (Å²) in [6.07, 6.45) is 3.30. The molecule has 3 rings (SSSR count). The highest BCUT2D eigenvalue weighted by Gasteiger charge is 2.69. The van der Waals surface area contributed by atoms with E-state index in [1.165, 1.54) is 0 Å². The van der Waals surface area contributed by atoms with Gasteiger partial charge in [-0.15, -0.1) is 0 Å². The van der Waals surface area contributed by atoms with Gasteiger partial charge in [0.1, 0.15) is 18.7 Å². The van der Waals surface area contributed by atoms with Crippen LogP contribution in [-0.2, 0) is 4.74 Å². The van der Waals surface area contributed by atoms with Gasteiger partial charge in [-0.2, -0.15) is 0 Å². The molecule has 0 radical (unpaired) electrons. The van der Waals surface area contributed by atoms with Crippen LogP contribution in [0.15, 0.2) is 9.98 Å². The number of nitrogens with one attached hydrogen (secondary N) is 2. The Morgan fingerprint density at radius 1 is 1.29 bits per heavy atom. The number of aliphatic imine (C=N–C) groups is 2. The number of nitrogens with zero attached hydrogens (tertiary/aromatic N) is 3. The van der Waals surface area contributed by atoms with Crippen LogP contribution in [0.5, 0.6) is 0 Å². The molecule has 3 heterocycles. The van der Waals surface area contributed by atoms with E-state index in [0.29, 0.717) is 13.1 Å². The summed E-state index contributed by atoms with van der Waals surface area (Å²) in [4.78, 5) is 22.1. The first kappa shape index (κ1) is 20.4. The predicted molar refractivity (Wildman–Crippen MR) is 102 cm³/mol. The van der Waals surface area contributed by atoms with Crippen LogP contribution >= 0.6 is 0 Å². The van der Waals surface area contributed by atoms with Crippen molar-refractivity contribution in [2.75, 3.05) is 26.2 Å². The molecule has 2 unspecified atom stereocenters. The number of nitrogens with two attached hydrogens (primary N) is 3. The molecule has 12 nitrogen and oxygen atoms in total. The van der Waals surface area contributed by atoms with Crippen LogP contribution < -0.4 is 27.8 Å². The first-order valence-corrected chi connectivity index (χ1v) is 9.59. The third-order valence-corrected chi connectivity index (χ3v) is 5.47. The number of alkyl carbamates (subject to hydrolysis) is 1. The summed E-state index contributed by atoms with van der Waals surface area (Å²) < 4.78 is 5.26. The molecule has 3 atom stereocenters. The van der Waals surface area contributed by atoms with Crippen molar-refractivity contribution in [3.63, 3.8) is 0 Å². The fourth-order valence-corrected chi connectivity index (χ4v) is 4.08. The number of carbonyl (C=O) groups is 1. The Kier molecular flexibility index (Phi) is 5.82. The average molecular weight is 398 g/mol. The van der Waals surface area contributed by atoms with Gasteiger partial charge in [-0.25, -0.2) is 14.8 Å². The Morgan fingerprint density at radius 3 is 2.79 bits per heavy atom. The van der Waals surface area contributed by atoms with Crippen LogP contribution in [0, 0.1) is 0 Å². The first-order chi connectivity index (χ1) is 13.3. The van der Waals surface area contributed by atoms with Crippen molar-refractivity contribution in [1.82, 2.24) is 15.5 Å². The van der Waals surface area contributed by atoms with Crippen LogP contribution in [0.3, 0.4) is 0 Å². The quantitative estimate of drug-likeness (QED) is 0.168. The van der Waals surface area contributed by atoms with Gasteiger partial charge in [-0.1, -0.05) is 12.8 Å². The second-order valence-electron chi connectivity index (χ2n) is 7.35. The van der Waals surface area contributed by atoms with Crippen LogP contribution in [0.25, 0.3) is 0 Å². The molecule has 0 aliphatic carbocycles. The van der Waals surface area contributed by atoms with E-state index in [-0.39, 0.29) is 31.5 Å². The molecule has 3 aliphatic heterocycles. The van der Waals surface area contributed by atoms with E-state index in [1.807, 2.05) is 0 Å². The fraction of sp³-hybridized carbons (Fsp3) is 0.812. The van der Waals surface area contributed by atoms with Crippen molar-refractivity contribution in [3.8, 4) is 0 Å². The average Bonchev–Trinajstić information content (AvgIpc) is 3.13. The Balaban J connectivity index is 1.58. The molecule has 1 fully saturated rings. The van der Waals surface area contributed by atoms with Crippen molar-refractivity contribution in [2.24, 2.45) is 27.2 Å². The Morgan fingerprint density at radius 2 is 2.04 bits per heavy atom. The van der Waals surface area contributed by atoms with Crippen molar-refractivity contribution < 1.29 is 19.7 Å². The minimum absolute atomic E-state index is 0.0493. The Labute approximate surface area is 163 Å². The zero-order valence-electron chi connectivity index (χ0n) is 15.8. The predicted octanol–water partition coefficient (Wildman–Crippen LogP) is -2.70. The molecule has 0 aromatic carbocycles. The number of rotatable bonds is 8. The van der Waals surface area contributed by atoms with Crippen molar-refractivity contribution >= 4 is 18.0 Å². The fourth-order valence-electron chi connectivity index (χ4n) is 4.08. The molecule has 28 heavy (non-hydrogen) atoms. The molecule has 12 heteroatoms. The maximum Gasteiger partial charge on any atom is 0.407 e. The van der Waals surface area contributed by atoms with E-state index in [4.69, 9.17) is 21.9 Å². The summed E-state index contributed by atoms with van der Waals surface area (Å²) in [6, 6.07) is -1.46. The summed E-state index contributed by atoms with van der Waals surface area (Å²) in [5, 5.41) is 26.7. The molecule has 1 spiro atoms. The topological polar surface area (TPSA) is 197 Å². The SMILES string of the molecule is NCCCCCCNC(=O)OC[C@@H]1N=C(N)N2CCC(O)(O)C23NC(N)=NC13. The van der Waals surface area contributed by atoms with Gasteiger partial charge < -0.3 is 47.7 Å².